The first-order chi connectivity index (χ1) is 15.4. The molecule has 3 unspecified atom stereocenters. The molecule has 168 valence electrons. The Hall–Kier alpha value is -2.29. The summed E-state index contributed by atoms with van der Waals surface area (Å²) in [4.78, 5) is 3.91. The molecule has 0 fully saturated rings. The molecule has 9 heteroatoms. The van der Waals surface area contributed by atoms with Crippen molar-refractivity contribution in [1.82, 2.24) is 4.98 Å². The van der Waals surface area contributed by atoms with E-state index in [0.29, 0.717) is 5.82 Å². The number of halogens is 3. The molecule has 0 saturated carbocycles. The van der Waals surface area contributed by atoms with Gasteiger partial charge >= 0.3 is 0 Å². The lowest BCUT2D eigenvalue weighted by atomic mass is 9.80. The average molecular weight is 495 g/mol. The summed E-state index contributed by atoms with van der Waals surface area (Å²) in [6, 6.07) is 8.89. The number of aromatic nitrogens is 1. The number of anilines is 1. The Kier molecular flexibility index (Phi) is 7.23. The Balaban J connectivity index is 1.52. The molecule has 3 atom stereocenters. The highest BCUT2D eigenvalue weighted by Gasteiger charge is 2.27. The van der Waals surface area contributed by atoms with Crippen LogP contribution in [0.3, 0.4) is 0 Å². The minimum absolute atomic E-state index is 0.0495. The Bertz CT molecular complexity index is 1140. The summed E-state index contributed by atoms with van der Waals surface area (Å²) < 4.78 is 49.3. The van der Waals surface area contributed by atoms with E-state index in [4.69, 9.17) is 16.3 Å². The topological polar surface area (TPSA) is 51.2 Å². The molecule has 4 rings (SSSR count). The van der Waals surface area contributed by atoms with Crippen molar-refractivity contribution < 1.29 is 17.7 Å². The summed E-state index contributed by atoms with van der Waals surface area (Å²) in [5.41, 5.74) is 3.62. The predicted molar refractivity (Wildman–Crippen MR) is 125 cm³/mol. The van der Waals surface area contributed by atoms with E-state index >= 15 is 0 Å². The molecule has 32 heavy (non-hydrogen) atoms. The molecular weight excluding hydrogens is 474 g/mol. The lowest BCUT2D eigenvalue weighted by molar-refractivity contribution is 0.170. The van der Waals surface area contributed by atoms with Gasteiger partial charge in [-0.25, -0.2) is 18.0 Å². The van der Waals surface area contributed by atoms with Gasteiger partial charge in [0, 0.05) is 17.4 Å². The van der Waals surface area contributed by atoms with Gasteiger partial charge in [0.05, 0.1) is 15.4 Å². The van der Waals surface area contributed by atoms with E-state index in [0.717, 1.165) is 30.4 Å². The van der Waals surface area contributed by atoms with Crippen molar-refractivity contribution in [3.8, 4) is 5.75 Å². The van der Waals surface area contributed by atoms with Crippen LogP contribution < -0.4 is 9.46 Å². The highest BCUT2D eigenvalue weighted by Crippen LogP contribution is 2.38. The lowest BCUT2D eigenvalue weighted by Crippen LogP contribution is -2.26. The van der Waals surface area contributed by atoms with Crippen LogP contribution in [-0.4, -0.2) is 15.3 Å². The largest absolute Gasteiger partial charge is 0.488 e. The van der Waals surface area contributed by atoms with E-state index in [2.05, 4.69) is 15.8 Å². The van der Waals surface area contributed by atoms with Gasteiger partial charge in [-0.1, -0.05) is 29.8 Å². The number of ether oxygens (including phenoxy) is 1. The Morgan fingerprint density at radius 2 is 2.06 bits per heavy atom. The molecule has 0 aliphatic heterocycles. The quantitative estimate of drug-likeness (QED) is 0.390. The molecule has 0 amide bonds. The maximum absolute atomic E-state index is 14.7. The van der Waals surface area contributed by atoms with Gasteiger partial charge in [-0.2, -0.15) is 0 Å². The fourth-order valence-corrected chi connectivity index (χ4v) is 5.51. The fourth-order valence-electron chi connectivity index (χ4n) is 3.80. The number of nitrogens with zero attached hydrogens (tertiary/aromatic N) is 1. The van der Waals surface area contributed by atoms with E-state index < -0.39 is 16.8 Å². The van der Waals surface area contributed by atoms with E-state index in [1.165, 1.54) is 35.6 Å². The maximum atomic E-state index is 14.7. The summed E-state index contributed by atoms with van der Waals surface area (Å²) in [6.45, 7) is 1.91. The summed E-state index contributed by atoms with van der Waals surface area (Å²) in [5.74, 6) is -0.329. The molecule has 1 heterocycles. The van der Waals surface area contributed by atoms with Crippen molar-refractivity contribution in [1.29, 1.82) is 0 Å². The molecule has 2 aromatic carbocycles. The van der Waals surface area contributed by atoms with Crippen LogP contribution >= 0.6 is 22.9 Å². The Morgan fingerprint density at radius 1 is 1.28 bits per heavy atom. The number of allylic oxidation sites excluding steroid dienone is 1. The van der Waals surface area contributed by atoms with Gasteiger partial charge in [0.2, 0.25) is 0 Å². The van der Waals surface area contributed by atoms with E-state index in [-0.39, 0.29) is 33.5 Å². The van der Waals surface area contributed by atoms with Gasteiger partial charge in [0.1, 0.15) is 29.3 Å². The van der Waals surface area contributed by atoms with Crippen molar-refractivity contribution in [2.24, 2.45) is 5.92 Å². The predicted octanol–water partition coefficient (Wildman–Crippen LogP) is 6.86. The second-order valence-electron chi connectivity index (χ2n) is 7.48. The summed E-state index contributed by atoms with van der Waals surface area (Å²) in [5, 5.41) is 1.84. The van der Waals surface area contributed by atoms with Crippen molar-refractivity contribution in [2.45, 2.75) is 37.2 Å². The van der Waals surface area contributed by atoms with Crippen LogP contribution in [0, 0.1) is 17.6 Å². The zero-order chi connectivity index (χ0) is 22.7. The molecular formula is C23H21ClF2N2O2S2. The number of benzene rings is 2. The monoisotopic (exact) mass is 494 g/mol. The molecule has 3 aromatic rings. The standard InChI is InChI=1S/C23H21ClF2N2O2S2/c1-14(17-4-2-3-5-18(17)15-6-8-16(25)9-7-15)30-21-11-20(26)22(10-19(21)24)32(29)28-23-12-31-13-27-23/h5-14,17,28H,2-4H2,1H3. The molecule has 0 spiro atoms. The van der Waals surface area contributed by atoms with Gasteiger partial charge < -0.3 is 4.74 Å². The van der Waals surface area contributed by atoms with Crippen molar-refractivity contribution >= 4 is 45.3 Å². The van der Waals surface area contributed by atoms with Crippen LogP contribution in [-0.2, 0) is 11.0 Å². The number of thiazole rings is 1. The molecule has 1 N–H and O–H groups in total. The van der Waals surface area contributed by atoms with Crippen LogP contribution in [0.4, 0.5) is 14.6 Å². The Labute approximate surface area is 196 Å². The maximum Gasteiger partial charge on any atom is 0.154 e. The normalized spacial score (nSPS) is 18.0. The molecule has 1 aliphatic carbocycles. The third kappa shape index (κ3) is 5.19. The van der Waals surface area contributed by atoms with Crippen LogP contribution in [0.25, 0.3) is 5.57 Å². The Morgan fingerprint density at radius 3 is 2.78 bits per heavy atom. The zero-order valence-corrected chi connectivity index (χ0v) is 19.6. The van der Waals surface area contributed by atoms with E-state index in [1.54, 1.807) is 23.0 Å². The molecule has 0 bridgehead atoms. The molecule has 4 nitrogen and oxygen atoms in total. The molecule has 0 radical (unpaired) electrons. The van der Waals surface area contributed by atoms with Crippen molar-refractivity contribution in [2.75, 3.05) is 4.72 Å². The van der Waals surface area contributed by atoms with Gasteiger partial charge in [-0.15, -0.1) is 11.3 Å². The van der Waals surface area contributed by atoms with Crippen LogP contribution in [0.1, 0.15) is 31.7 Å². The van der Waals surface area contributed by atoms with Crippen molar-refractivity contribution in [3.63, 3.8) is 0 Å². The first-order valence-corrected chi connectivity index (χ1v) is 12.6. The summed E-state index contributed by atoms with van der Waals surface area (Å²) in [7, 11) is -1.85. The lowest BCUT2D eigenvalue weighted by Gasteiger charge is -2.30. The summed E-state index contributed by atoms with van der Waals surface area (Å²) >= 11 is 7.69. The summed E-state index contributed by atoms with van der Waals surface area (Å²) in [6.07, 6.45) is 4.70. The van der Waals surface area contributed by atoms with Crippen LogP contribution in [0.2, 0.25) is 5.02 Å². The van der Waals surface area contributed by atoms with Crippen LogP contribution in [0.5, 0.6) is 5.75 Å². The van der Waals surface area contributed by atoms with Crippen molar-refractivity contribution in [3.05, 3.63) is 75.6 Å². The minimum Gasteiger partial charge on any atom is -0.488 e. The first kappa shape index (κ1) is 22.9. The van der Waals surface area contributed by atoms with Gasteiger partial charge in [0.15, 0.2) is 11.0 Å². The SMILES string of the molecule is CC(Oc1cc(F)c(S(=O)Nc2cscn2)cc1Cl)C1CCCC=C1c1ccc(F)cc1. The zero-order valence-electron chi connectivity index (χ0n) is 17.2. The highest BCUT2D eigenvalue weighted by atomic mass is 35.5. The fraction of sp³-hybridized carbons (Fsp3) is 0.261. The third-order valence-corrected chi connectivity index (χ3v) is 7.34. The number of hydrogen-bond donors (Lipinski definition) is 1. The van der Waals surface area contributed by atoms with Gasteiger partial charge in [-0.3, -0.25) is 4.72 Å². The minimum atomic E-state index is -1.85. The van der Waals surface area contributed by atoms with E-state index in [9.17, 15) is 13.0 Å². The average Bonchev–Trinajstić information content (AvgIpc) is 3.29. The number of hydrogen-bond acceptors (Lipinski definition) is 4. The number of rotatable bonds is 7. The van der Waals surface area contributed by atoms with Gasteiger partial charge in [-0.05, 0) is 55.5 Å². The van der Waals surface area contributed by atoms with E-state index in [1.807, 2.05) is 6.92 Å². The van der Waals surface area contributed by atoms with Crippen LogP contribution in [0.15, 0.2) is 58.3 Å². The second kappa shape index (κ2) is 10.1. The third-order valence-electron chi connectivity index (χ3n) is 5.36. The van der Waals surface area contributed by atoms with Gasteiger partial charge in [0.25, 0.3) is 0 Å². The first-order valence-electron chi connectivity index (χ1n) is 10.1. The molecule has 1 aromatic heterocycles. The molecule has 0 saturated heterocycles. The number of nitrogens with one attached hydrogen (secondary N) is 1. The smallest absolute Gasteiger partial charge is 0.154 e. The molecule has 1 aliphatic rings. The second-order valence-corrected chi connectivity index (χ2v) is 9.79. The highest BCUT2D eigenvalue weighted by molar-refractivity contribution is 7.86.